The van der Waals surface area contributed by atoms with Crippen molar-refractivity contribution in [2.75, 3.05) is 6.61 Å². The summed E-state index contributed by atoms with van der Waals surface area (Å²) in [5.74, 6) is 0. The zero-order chi connectivity index (χ0) is 23.1. The van der Waals surface area contributed by atoms with Gasteiger partial charge >= 0.3 is 0 Å². The summed E-state index contributed by atoms with van der Waals surface area (Å²) < 4.78 is 13.0. The Morgan fingerprint density at radius 3 is 2.53 bits per heavy atom. The van der Waals surface area contributed by atoms with Crippen molar-refractivity contribution in [3.8, 4) is 0 Å². The SMILES string of the molecule is OC[C@H]1O[C@@H](OC(c2ccccc2Cl)C(O)(Cn2cncn2)C2(Cl)CC2)[C@H](O)[C@@H](O)[C@@H]1O. The van der Waals surface area contributed by atoms with Crippen LogP contribution in [0.15, 0.2) is 36.9 Å². The lowest BCUT2D eigenvalue weighted by Gasteiger charge is -2.45. The van der Waals surface area contributed by atoms with Crippen molar-refractivity contribution in [1.29, 1.82) is 0 Å². The second-order valence-electron chi connectivity index (χ2n) is 8.22. The third kappa shape index (κ3) is 4.27. The van der Waals surface area contributed by atoms with Crippen LogP contribution >= 0.6 is 23.2 Å². The smallest absolute Gasteiger partial charge is 0.187 e. The number of ether oxygens (including phenoxy) is 2. The Labute approximate surface area is 193 Å². The molecule has 2 heterocycles. The van der Waals surface area contributed by atoms with Gasteiger partial charge in [-0.05, 0) is 18.9 Å². The first-order valence-electron chi connectivity index (χ1n) is 10.1. The van der Waals surface area contributed by atoms with Gasteiger partial charge in [-0.25, -0.2) is 9.67 Å². The van der Waals surface area contributed by atoms with Crippen LogP contribution in [0.25, 0.3) is 0 Å². The van der Waals surface area contributed by atoms with Crippen molar-refractivity contribution in [3.05, 3.63) is 47.5 Å². The van der Waals surface area contributed by atoms with Crippen molar-refractivity contribution in [1.82, 2.24) is 14.8 Å². The van der Waals surface area contributed by atoms with Crippen LogP contribution < -0.4 is 0 Å². The largest absolute Gasteiger partial charge is 0.394 e. The molecule has 0 spiro atoms. The van der Waals surface area contributed by atoms with Gasteiger partial charge in [0.2, 0.25) is 0 Å². The highest BCUT2D eigenvalue weighted by atomic mass is 35.5. The van der Waals surface area contributed by atoms with Gasteiger partial charge in [-0.1, -0.05) is 29.8 Å². The highest BCUT2D eigenvalue weighted by Crippen LogP contribution is 2.57. The predicted octanol–water partition coefficient (Wildman–Crippen LogP) is -0.00820. The van der Waals surface area contributed by atoms with Crippen LogP contribution in [-0.2, 0) is 16.0 Å². The number of aliphatic hydroxyl groups is 5. The van der Waals surface area contributed by atoms with Gasteiger partial charge in [0.1, 0.15) is 48.8 Å². The average Bonchev–Trinajstić information content (AvgIpc) is 3.34. The minimum absolute atomic E-state index is 0.107. The van der Waals surface area contributed by atoms with Gasteiger partial charge in [-0.3, -0.25) is 0 Å². The Balaban J connectivity index is 1.74. The molecule has 12 heteroatoms. The van der Waals surface area contributed by atoms with E-state index in [2.05, 4.69) is 10.1 Å². The summed E-state index contributed by atoms with van der Waals surface area (Å²) >= 11 is 13.2. The lowest BCUT2D eigenvalue weighted by Crippen LogP contribution is -2.61. The number of aromatic nitrogens is 3. The molecule has 176 valence electrons. The third-order valence-corrected chi connectivity index (χ3v) is 7.12. The van der Waals surface area contributed by atoms with E-state index in [4.69, 9.17) is 32.7 Å². The summed E-state index contributed by atoms with van der Waals surface area (Å²) in [5.41, 5.74) is -1.41. The quantitative estimate of drug-likeness (QED) is 0.322. The standard InChI is InChI=1S/C20H25Cl2N3O7/c21-12-4-2-1-3-11(12)17(32-18-16(29)15(28)14(27)13(7-26)31-18)20(30,19(22)5-6-19)8-25-10-23-9-24-25/h1-4,9-10,13-18,26-30H,5-8H2/t13-,14-,15+,16-,17?,18+,20?/m1/s1. The molecule has 2 aliphatic rings. The number of rotatable bonds is 8. The van der Waals surface area contributed by atoms with Crippen LogP contribution in [0.5, 0.6) is 0 Å². The molecule has 0 bridgehead atoms. The van der Waals surface area contributed by atoms with Crippen LogP contribution in [0, 0.1) is 0 Å². The summed E-state index contributed by atoms with van der Waals surface area (Å²) in [6.07, 6.45) is -5.08. The number of halogens is 2. The fourth-order valence-electron chi connectivity index (χ4n) is 4.01. The molecule has 4 rings (SSSR count). The topological polar surface area (TPSA) is 150 Å². The first-order valence-corrected chi connectivity index (χ1v) is 10.9. The summed E-state index contributed by atoms with van der Waals surface area (Å²) in [4.78, 5) is 2.82. The molecule has 0 radical (unpaired) electrons. The van der Waals surface area contributed by atoms with E-state index >= 15 is 0 Å². The minimum Gasteiger partial charge on any atom is -0.394 e. The molecule has 1 saturated carbocycles. The van der Waals surface area contributed by atoms with Gasteiger partial charge < -0.3 is 35.0 Å². The van der Waals surface area contributed by atoms with Gasteiger partial charge in [-0.2, -0.15) is 5.10 Å². The highest BCUT2D eigenvalue weighted by molar-refractivity contribution is 6.31. The fourth-order valence-corrected chi connectivity index (χ4v) is 4.50. The number of alkyl halides is 1. The molecule has 2 fully saturated rings. The van der Waals surface area contributed by atoms with E-state index in [-0.39, 0.29) is 11.6 Å². The van der Waals surface area contributed by atoms with Crippen molar-refractivity contribution >= 4 is 23.2 Å². The maximum absolute atomic E-state index is 12.0. The van der Waals surface area contributed by atoms with Crippen molar-refractivity contribution < 1.29 is 35.0 Å². The number of nitrogens with zero attached hydrogens (tertiary/aromatic N) is 3. The Morgan fingerprint density at radius 1 is 1.22 bits per heavy atom. The third-order valence-electron chi connectivity index (χ3n) is 6.07. The molecule has 7 atom stereocenters. The van der Waals surface area contributed by atoms with E-state index in [0.29, 0.717) is 18.4 Å². The maximum atomic E-state index is 12.0. The molecule has 10 nitrogen and oxygen atoms in total. The Bertz CT molecular complexity index is 914. The van der Waals surface area contributed by atoms with E-state index < -0.39 is 53.9 Å². The number of benzene rings is 1. The van der Waals surface area contributed by atoms with E-state index in [1.165, 1.54) is 17.3 Å². The molecule has 5 N–H and O–H groups in total. The predicted molar refractivity (Wildman–Crippen MR) is 112 cm³/mol. The fraction of sp³-hybridized carbons (Fsp3) is 0.600. The lowest BCUT2D eigenvalue weighted by atomic mass is 9.85. The minimum atomic E-state index is -1.79. The first-order chi connectivity index (χ1) is 15.2. The average molecular weight is 490 g/mol. The molecule has 1 aliphatic carbocycles. The Hall–Kier alpha value is -1.34. The van der Waals surface area contributed by atoms with Gasteiger partial charge in [0.05, 0.1) is 18.0 Å². The molecule has 1 aromatic heterocycles. The summed E-state index contributed by atoms with van der Waals surface area (Å²) in [6.45, 7) is -0.728. The van der Waals surface area contributed by atoms with Crippen molar-refractivity contribution in [2.45, 2.75) is 66.7 Å². The van der Waals surface area contributed by atoms with Gasteiger partial charge in [0.25, 0.3) is 0 Å². The molecule has 32 heavy (non-hydrogen) atoms. The Kier molecular flexibility index (Phi) is 6.79. The van der Waals surface area contributed by atoms with Crippen molar-refractivity contribution in [2.24, 2.45) is 0 Å². The van der Waals surface area contributed by atoms with Crippen LogP contribution in [0.2, 0.25) is 5.02 Å². The lowest BCUT2D eigenvalue weighted by molar-refractivity contribution is -0.327. The van der Waals surface area contributed by atoms with Crippen LogP contribution in [0.1, 0.15) is 24.5 Å². The maximum Gasteiger partial charge on any atom is 0.187 e. The molecule has 0 amide bonds. The van der Waals surface area contributed by atoms with Crippen molar-refractivity contribution in [3.63, 3.8) is 0 Å². The molecule has 1 aromatic carbocycles. The van der Waals surface area contributed by atoms with E-state index in [0.717, 1.165) is 0 Å². The van der Waals surface area contributed by atoms with Crippen LogP contribution in [0.3, 0.4) is 0 Å². The van der Waals surface area contributed by atoms with Gasteiger partial charge in [0.15, 0.2) is 6.29 Å². The Morgan fingerprint density at radius 2 is 1.94 bits per heavy atom. The molecular weight excluding hydrogens is 465 g/mol. The second kappa shape index (κ2) is 9.13. The van der Waals surface area contributed by atoms with Gasteiger partial charge in [0, 0.05) is 10.6 Å². The number of aliphatic hydroxyl groups excluding tert-OH is 4. The monoisotopic (exact) mass is 489 g/mol. The molecule has 1 saturated heterocycles. The summed E-state index contributed by atoms with van der Waals surface area (Å²) in [6, 6.07) is 6.67. The zero-order valence-electron chi connectivity index (χ0n) is 16.9. The molecule has 1 aliphatic heterocycles. The molecule has 2 unspecified atom stereocenters. The molecular formula is C20H25Cl2N3O7. The van der Waals surface area contributed by atoms with Gasteiger partial charge in [-0.15, -0.1) is 11.6 Å². The first kappa shape index (κ1) is 23.8. The molecule has 2 aromatic rings. The van der Waals surface area contributed by atoms with Crippen LogP contribution in [-0.4, -0.2) is 88.1 Å². The highest BCUT2D eigenvalue weighted by Gasteiger charge is 2.63. The second-order valence-corrected chi connectivity index (χ2v) is 9.35. The number of hydrogen-bond donors (Lipinski definition) is 5. The zero-order valence-corrected chi connectivity index (χ0v) is 18.4. The number of hydrogen-bond acceptors (Lipinski definition) is 9. The van der Waals surface area contributed by atoms with E-state index in [1.54, 1.807) is 24.3 Å². The summed E-state index contributed by atoms with van der Waals surface area (Å²) in [5, 5.41) is 56.6. The van der Waals surface area contributed by atoms with Crippen LogP contribution in [0.4, 0.5) is 0 Å². The summed E-state index contributed by atoms with van der Waals surface area (Å²) in [7, 11) is 0. The van der Waals surface area contributed by atoms with E-state index in [1.807, 2.05) is 0 Å². The van der Waals surface area contributed by atoms with E-state index in [9.17, 15) is 25.5 Å². The normalized spacial score (nSPS) is 32.3.